The first-order chi connectivity index (χ1) is 5.58. The minimum absolute atomic E-state index is 0.931. The van der Waals surface area contributed by atoms with E-state index in [0.717, 1.165) is 5.92 Å². The van der Waals surface area contributed by atoms with E-state index in [2.05, 4.69) is 25.2 Å². The molecule has 0 aromatic rings. The van der Waals surface area contributed by atoms with Crippen LogP contribution in [0.3, 0.4) is 0 Å². The van der Waals surface area contributed by atoms with Gasteiger partial charge >= 0.3 is 0 Å². The van der Waals surface area contributed by atoms with Gasteiger partial charge in [-0.05, 0) is 31.2 Å². The molecule has 1 rings (SSSR count). The number of allylic oxidation sites excluding steroid dienone is 2. The molecule has 0 nitrogen and oxygen atoms in total. The maximum Gasteiger partial charge on any atom is 0.150 e. The molecule has 1 aliphatic carbocycles. The molecule has 1 unspecified atom stereocenters. The Morgan fingerprint density at radius 2 is 2.17 bits per heavy atom. The monoisotopic (exact) mass is 202 g/mol. The van der Waals surface area contributed by atoms with Crippen molar-refractivity contribution in [3.63, 3.8) is 0 Å². The summed E-state index contributed by atoms with van der Waals surface area (Å²) in [4.78, 5) is 0. The van der Waals surface area contributed by atoms with E-state index in [-0.39, 0.29) is 0 Å². The van der Waals surface area contributed by atoms with Crippen molar-refractivity contribution in [2.24, 2.45) is 5.92 Å². The van der Waals surface area contributed by atoms with Crippen molar-refractivity contribution in [2.45, 2.75) is 44.8 Å². The van der Waals surface area contributed by atoms with Crippen LogP contribution in [0.2, 0.25) is 19.1 Å². The largest absolute Gasteiger partial charge is 0.168 e. The fourth-order valence-corrected chi connectivity index (χ4v) is 3.09. The molecule has 0 saturated heterocycles. The van der Waals surface area contributed by atoms with Crippen LogP contribution in [0.25, 0.3) is 0 Å². The molecule has 0 N–H and O–H groups in total. The number of hydrogen-bond donors (Lipinski definition) is 0. The van der Waals surface area contributed by atoms with Gasteiger partial charge in [0.25, 0.3) is 0 Å². The molecule has 0 fully saturated rings. The third-order valence-corrected chi connectivity index (χ3v) is 4.57. The SMILES string of the molecule is C[Si](C)(Cl)CCC1CC=CCC1. The normalized spacial score (nSPS) is 24.4. The van der Waals surface area contributed by atoms with Crippen molar-refractivity contribution in [1.82, 2.24) is 0 Å². The molecule has 0 aromatic heterocycles. The van der Waals surface area contributed by atoms with Gasteiger partial charge in [-0.15, -0.1) is 0 Å². The zero-order valence-corrected chi connectivity index (χ0v) is 9.90. The van der Waals surface area contributed by atoms with Gasteiger partial charge in [-0.1, -0.05) is 31.7 Å². The number of hydrogen-bond acceptors (Lipinski definition) is 0. The molecule has 2 heteroatoms. The third kappa shape index (κ3) is 4.32. The van der Waals surface area contributed by atoms with Gasteiger partial charge in [0.15, 0.2) is 7.38 Å². The Labute approximate surface area is 81.7 Å². The number of rotatable bonds is 3. The quantitative estimate of drug-likeness (QED) is 0.366. The van der Waals surface area contributed by atoms with Crippen LogP contribution in [0.4, 0.5) is 0 Å². The van der Waals surface area contributed by atoms with Gasteiger partial charge in [-0.3, -0.25) is 0 Å². The molecule has 12 heavy (non-hydrogen) atoms. The molecule has 0 spiro atoms. The van der Waals surface area contributed by atoms with E-state index in [1.165, 1.54) is 31.7 Å². The molecule has 0 heterocycles. The zero-order chi connectivity index (χ0) is 9.03. The van der Waals surface area contributed by atoms with Crippen molar-refractivity contribution in [2.75, 3.05) is 0 Å². The van der Waals surface area contributed by atoms with Crippen LogP contribution < -0.4 is 0 Å². The Morgan fingerprint density at radius 3 is 2.67 bits per heavy atom. The van der Waals surface area contributed by atoms with Gasteiger partial charge in [0, 0.05) is 0 Å². The van der Waals surface area contributed by atoms with Gasteiger partial charge in [0.05, 0.1) is 0 Å². The minimum atomic E-state index is -1.29. The Bertz CT molecular complexity index is 158. The summed E-state index contributed by atoms with van der Waals surface area (Å²) in [5.41, 5.74) is 0. The van der Waals surface area contributed by atoms with Crippen LogP contribution in [0.5, 0.6) is 0 Å². The Balaban J connectivity index is 2.19. The van der Waals surface area contributed by atoms with Crippen molar-refractivity contribution in [3.8, 4) is 0 Å². The fraction of sp³-hybridized carbons (Fsp3) is 0.800. The smallest absolute Gasteiger partial charge is 0.150 e. The Morgan fingerprint density at radius 1 is 1.42 bits per heavy atom. The first-order valence-electron chi connectivity index (χ1n) is 4.92. The van der Waals surface area contributed by atoms with E-state index in [4.69, 9.17) is 11.1 Å². The Kier molecular flexibility index (Phi) is 3.85. The second-order valence-electron chi connectivity index (χ2n) is 4.41. The summed E-state index contributed by atoms with van der Waals surface area (Å²) in [5, 5.41) is 0. The van der Waals surface area contributed by atoms with Gasteiger partial charge in [-0.2, -0.15) is 11.1 Å². The predicted molar refractivity (Wildman–Crippen MR) is 59.2 cm³/mol. The maximum atomic E-state index is 6.27. The lowest BCUT2D eigenvalue weighted by molar-refractivity contribution is 0.463. The zero-order valence-electron chi connectivity index (χ0n) is 8.15. The van der Waals surface area contributed by atoms with Crippen LogP contribution in [0.15, 0.2) is 12.2 Å². The summed E-state index contributed by atoms with van der Waals surface area (Å²) < 4.78 is 0. The average molecular weight is 203 g/mol. The molecule has 0 aromatic carbocycles. The van der Waals surface area contributed by atoms with Gasteiger partial charge in [0.1, 0.15) is 0 Å². The first kappa shape index (κ1) is 10.3. The Hall–Kier alpha value is 0.247. The van der Waals surface area contributed by atoms with Crippen molar-refractivity contribution in [3.05, 3.63) is 12.2 Å². The maximum absolute atomic E-state index is 6.27. The highest BCUT2D eigenvalue weighted by molar-refractivity contribution is 7.19. The lowest BCUT2D eigenvalue weighted by Gasteiger charge is -2.20. The fourth-order valence-electron chi connectivity index (χ4n) is 1.67. The van der Waals surface area contributed by atoms with E-state index >= 15 is 0 Å². The highest BCUT2D eigenvalue weighted by atomic mass is 35.6. The van der Waals surface area contributed by atoms with Crippen molar-refractivity contribution < 1.29 is 0 Å². The second kappa shape index (κ2) is 4.47. The molecule has 0 bridgehead atoms. The summed E-state index contributed by atoms with van der Waals surface area (Å²) in [6.45, 7) is 4.49. The molecule has 0 amide bonds. The molecule has 70 valence electrons. The van der Waals surface area contributed by atoms with Gasteiger partial charge in [0.2, 0.25) is 0 Å². The molecule has 1 aliphatic rings. The van der Waals surface area contributed by atoms with Crippen molar-refractivity contribution >= 4 is 18.5 Å². The van der Waals surface area contributed by atoms with Crippen molar-refractivity contribution in [1.29, 1.82) is 0 Å². The number of halogens is 1. The van der Waals surface area contributed by atoms with E-state index in [1.807, 2.05) is 0 Å². The highest BCUT2D eigenvalue weighted by Crippen LogP contribution is 2.27. The summed E-state index contributed by atoms with van der Waals surface area (Å²) in [6.07, 6.45) is 9.96. The van der Waals surface area contributed by atoms with Gasteiger partial charge in [-0.25, -0.2) is 0 Å². The van der Waals surface area contributed by atoms with Crippen LogP contribution in [0, 0.1) is 5.92 Å². The second-order valence-corrected chi connectivity index (χ2v) is 11.4. The molecular formula is C10H19ClSi. The third-order valence-electron chi connectivity index (χ3n) is 2.52. The van der Waals surface area contributed by atoms with Crippen LogP contribution in [0.1, 0.15) is 25.7 Å². The average Bonchev–Trinajstić information content (AvgIpc) is 2.02. The molecule has 0 radical (unpaired) electrons. The van der Waals surface area contributed by atoms with E-state index in [0.29, 0.717) is 0 Å². The minimum Gasteiger partial charge on any atom is -0.168 e. The van der Waals surface area contributed by atoms with Crippen LogP contribution in [-0.4, -0.2) is 7.38 Å². The standard InChI is InChI=1S/C10H19ClSi/c1-12(2,11)9-8-10-6-4-3-5-7-10/h3-4,10H,5-9H2,1-2H3. The van der Waals surface area contributed by atoms with Gasteiger partial charge < -0.3 is 0 Å². The highest BCUT2D eigenvalue weighted by Gasteiger charge is 2.19. The van der Waals surface area contributed by atoms with E-state index in [1.54, 1.807) is 0 Å². The summed E-state index contributed by atoms with van der Waals surface area (Å²) in [5.74, 6) is 0.931. The predicted octanol–water partition coefficient (Wildman–Crippen LogP) is 4.18. The molecule has 1 atom stereocenters. The lowest BCUT2D eigenvalue weighted by atomic mass is 9.92. The summed E-state index contributed by atoms with van der Waals surface area (Å²) >= 11 is 6.27. The summed E-state index contributed by atoms with van der Waals surface area (Å²) in [7, 11) is -1.29. The molecule has 0 saturated carbocycles. The van der Waals surface area contributed by atoms with E-state index < -0.39 is 7.38 Å². The first-order valence-corrected chi connectivity index (χ1v) is 9.14. The van der Waals surface area contributed by atoms with Crippen LogP contribution >= 0.6 is 11.1 Å². The molecular weight excluding hydrogens is 184 g/mol. The lowest BCUT2D eigenvalue weighted by Crippen LogP contribution is -2.17. The molecule has 0 aliphatic heterocycles. The van der Waals surface area contributed by atoms with E-state index in [9.17, 15) is 0 Å². The van der Waals surface area contributed by atoms with Crippen LogP contribution in [-0.2, 0) is 0 Å². The summed E-state index contributed by atoms with van der Waals surface area (Å²) in [6, 6.07) is 1.28. The topological polar surface area (TPSA) is 0 Å².